The van der Waals surface area contributed by atoms with Crippen LogP contribution in [-0.4, -0.2) is 40.8 Å². The molecule has 19 heavy (non-hydrogen) atoms. The van der Waals surface area contributed by atoms with E-state index in [1.165, 1.54) is 24.3 Å². The normalized spacial score (nSPS) is 12.5. The summed E-state index contributed by atoms with van der Waals surface area (Å²) in [5.74, 6) is -0.383. The third-order valence-electron chi connectivity index (χ3n) is 2.17. The Morgan fingerprint density at radius 1 is 1.05 bits per heavy atom. The summed E-state index contributed by atoms with van der Waals surface area (Å²) < 4.78 is 50.6. The Morgan fingerprint density at radius 3 is 2.16 bits per heavy atom. The zero-order valence-electron chi connectivity index (χ0n) is 10.3. The largest absolute Gasteiger partial charge is 0.508 e. The molecule has 0 saturated heterocycles. The van der Waals surface area contributed by atoms with Crippen LogP contribution < -0.4 is 9.44 Å². The zero-order chi connectivity index (χ0) is 14.5. The van der Waals surface area contributed by atoms with E-state index in [2.05, 4.69) is 9.44 Å². The number of phenols is 1. The van der Waals surface area contributed by atoms with Crippen molar-refractivity contribution in [2.75, 3.05) is 18.8 Å². The topological polar surface area (TPSA) is 113 Å². The van der Waals surface area contributed by atoms with Gasteiger partial charge in [0.05, 0.1) is 10.6 Å². The van der Waals surface area contributed by atoms with Gasteiger partial charge in [0.15, 0.2) is 0 Å². The molecule has 0 fully saturated rings. The summed E-state index contributed by atoms with van der Waals surface area (Å²) >= 11 is 0. The van der Waals surface area contributed by atoms with Crippen molar-refractivity contribution in [2.45, 2.75) is 11.8 Å². The smallest absolute Gasteiger partial charge is 0.240 e. The molecule has 0 bridgehead atoms. The van der Waals surface area contributed by atoms with Crippen molar-refractivity contribution in [1.82, 2.24) is 9.44 Å². The quantitative estimate of drug-likeness (QED) is 0.635. The predicted octanol–water partition coefficient (Wildman–Crippen LogP) is -0.390. The number of hydrogen-bond donors (Lipinski definition) is 3. The van der Waals surface area contributed by atoms with Gasteiger partial charge in [0.2, 0.25) is 20.0 Å². The number of aromatic hydroxyl groups is 1. The van der Waals surface area contributed by atoms with Crippen LogP contribution in [0.3, 0.4) is 0 Å². The van der Waals surface area contributed by atoms with E-state index in [1.807, 2.05) is 0 Å². The van der Waals surface area contributed by atoms with E-state index < -0.39 is 20.0 Å². The Labute approximate surface area is 112 Å². The maximum atomic E-state index is 11.8. The van der Waals surface area contributed by atoms with Crippen LogP contribution in [0.5, 0.6) is 5.75 Å². The Bertz CT molecular complexity index is 608. The summed E-state index contributed by atoms with van der Waals surface area (Å²) in [7, 11) is -7.23. The summed E-state index contributed by atoms with van der Waals surface area (Å²) in [5.41, 5.74) is 0. The molecule has 0 atom stereocenters. The molecular formula is C10H16N2O5S2. The van der Waals surface area contributed by atoms with Crippen LogP contribution >= 0.6 is 0 Å². The first-order valence-corrected chi connectivity index (χ1v) is 8.66. The Morgan fingerprint density at radius 2 is 1.63 bits per heavy atom. The van der Waals surface area contributed by atoms with E-state index in [4.69, 9.17) is 5.11 Å². The highest BCUT2D eigenvalue weighted by Crippen LogP contribution is 2.13. The van der Waals surface area contributed by atoms with Gasteiger partial charge in [0.1, 0.15) is 5.75 Å². The molecule has 7 nitrogen and oxygen atoms in total. The molecular weight excluding hydrogens is 292 g/mol. The molecule has 0 saturated carbocycles. The Balaban J connectivity index is 2.64. The lowest BCUT2D eigenvalue weighted by molar-refractivity contribution is 0.474. The molecule has 0 aliphatic rings. The lowest BCUT2D eigenvalue weighted by Crippen LogP contribution is -2.34. The molecule has 1 aromatic carbocycles. The van der Waals surface area contributed by atoms with Gasteiger partial charge in [-0.2, -0.15) is 0 Å². The van der Waals surface area contributed by atoms with Crippen molar-refractivity contribution in [2.24, 2.45) is 0 Å². The van der Waals surface area contributed by atoms with Crippen LogP contribution in [0.15, 0.2) is 29.2 Å². The fourth-order valence-corrected chi connectivity index (χ4v) is 3.43. The average molecular weight is 308 g/mol. The molecule has 0 spiro atoms. The first-order chi connectivity index (χ1) is 8.77. The van der Waals surface area contributed by atoms with E-state index >= 15 is 0 Å². The average Bonchev–Trinajstić information content (AvgIpc) is 2.28. The summed E-state index contributed by atoms with van der Waals surface area (Å²) in [5, 5.41) is 9.06. The van der Waals surface area contributed by atoms with Crippen LogP contribution in [0, 0.1) is 0 Å². The third-order valence-corrected chi connectivity index (χ3v) is 5.12. The van der Waals surface area contributed by atoms with Crippen molar-refractivity contribution in [3.63, 3.8) is 0 Å². The second-order valence-corrected chi connectivity index (χ2v) is 7.40. The third kappa shape index (κ3) is 5.15. The highest BCUT2D eigenvalue weighted by atomic mass is 32.2. The van der Waals surface area contributed by atoms with Crippen LogP contribution in [0.1, 0.15) is 6.92 Å². The minimum Gasteiger partial charge on any atom is -0.508 e. The van der Waals surface area contributed by atoms with Crippen molar-refractivity contribution in [1.29, 1.82) is 0 Å². The molecule has 1 aromatic rings. The zero-order valence-corrected chi connectivity index (χ0v) is 12.0. The standard InChI is InChI=1S/C10H16N2O5S2/c1-2-11-18(14,15)8-7-12-19(16,17)10-5-3-9(13)4-6-10/h3-6,11-13H,2,7-8H2,1H3. The van der Waals surface area contributed by atoms with Crippen molar-refractivity contribution in [3.05, 3.63) is 24.3 Å². The highest BCUT2D eigenvalue weighted by molar-refractivity contribution is 7.90. The van der Waals surface area contributed by atoms with Gasteiger partial charge >= 0.3 is 0 Å². The van der Waals surface area contributed by atoms with Gasteiger partial charge in [0.25, 0.3) is 0 Å². The van der Waals surface area contributed by atoms with E-state index in [0.717, 1.165) is 0 Å². The minimum atomic E-state index is -3.77. The molecule has 0 aliphatic carbocycles. The highest BCUT2D eigenvalue weighted by Gasteiger charge is 2.15. The molecule has 0 radical (unpaired) electrons. The van der Waals surface area contributed by atoms with Gasteiger partial charge in [-0.3, -0.25) is 0 Å². The van der Waals surface area contributed by atoms with E-state index in [-0.39, 0.29) is 29.5 Å². The minimum absolute atomic E-state index is 0.0360. The maximum Gasteiger partial charge on any atom is 0.240 e. The Hall–Kier alpha value is -1.16. The molecule has 0 aromatic heterocycles. The second-order valence-electron chi connectivity index (χ2n) is 3.71. The van der Waals surface area contributed by atoms with Gasteiger partial charge in [0, 0.05) is 13.1 Å². The second kappa shape index (κ2) is 6.33. The first kappa shape index (κ1) is 15.9. The van der Waals surface area contributed by atoms with Crippen LogP contribution in [0.25, 0.3) is 0 Å². The number of nitrogens with one attached hydrogen (secondary N) is 2. The fraction of sp³-hybridized carbons (Fsp3) is 0.400. The van der Waals surface area contributed by atoms with Crippen molar-refractivity contribution < 1.29 is 21.9 Å². The SMILES string of the molecule is CCNS(=O)(=O)CCNS(=O)(=O)c1ccc(O)cc1. The molecule has 108 valence electrons. The van der Waals surface area contributed by atoms with Gasteiger partial charge in [-0.05, 0) is 24.3 Å². The van der Waals surface area contributed by atoms with Gasteiger partial charge in [-0.25, -0.2) is 26.3 Å². The Kier molecular flexibility index (Phi) is 5.29. The van der Waals surface area contributed by atoms with E-state index in [9.17, 15) is 16.8 Å². The van der Waals surface area contributed by atoms with E-state index in [0.29, 0.717) is 0 Å². The molecule has 9 heteroatoms. The van der Waals surface area contributed by atoms with Crippen LogP contribution in [-0.2, 0) is 20.0 Å². The molecule has 0 aliphatic heterocycles. The van der Waals surface area contributed by atoms with Gasteiger partial charge in [-0.15, -0.1) is 0 Å². The lowest BCUT2D eigenvalue weighted by atomic mass is 10.3. The maximum absolute atomic E-state index is 11.8. The number of phenolic OH excluding ortho intramolecular Hbond substituents is 1. The van der Waals surface area contributed by atoms with Crippen molar-refractivity contribution in [3.8, 4) is 5.75 Å². The summed E-state index contributed by atoms with van der Waals surface area (Å²) in [4.78, 5) is -0.0360. The summed E-state index contributed by atoms with van der Waals surface area (Å²) in [6.07, 6.45) is 0. The molecule has 0 unspecified atom stereocenters. The summed E-state index contributed by atoms with van der Waals surface area (Å²) in [6, 6.07) is 4.95. The number of benzene rings is 1. The predicted molar refractivity (Wildman–Crippen MR) is 70.8 cm³/mol. The van der Waals surface area contributed by atoms with E-state index in [1.54, 1.807) is 6.92 Å². The number of hydrogen-bond acceptors (Lipinski definition) is 5. The van der Waals surface area contributed by atoms with Crippen LogP contribution in [0.2, 0.25) is 0 Å². The van der Waals surface area contributed by atoms with Gasteiger partial charge in [-0.1, -0.05) is 6.92 Å². The molecule has 0 amide bonds. The molecule has 3 N–H and O–H groups in total. The first-order valence-electron chi connectivity index (χ1n) is 5.53. The summed E-state index contributed by atoms with van der Waals surface area (Å²) in [6.45, 7) is 1.67. The molecule has 0 heterocycles. The monoisotopic (exact) mass is 308 g/mol. The van der Waals surface area contributed by atoms with Crippen molar-refractivity contribution >= 4 is 20.0 Å². The lowest BCUT2D eigenvalue weighted by Gasteiger charge is -2.07. The number of rotatable bonds is 7. The van der Waals surface area contributed by atoms with Crippen LogP contribution in [0.4, 0.5) is 0 Å². The molecule has 1 rings (SSSR count). The fourth-order valence-electron chi connectivity index (χ4n) is 1.31. The van der Waals surface area contributed by atoms with Gasteiger partial charge < -0.3 is 5.11 Å². The number of sulfonamides is 2.